The molecule has 86 valence electrons. The third-order valence-corrected chi connectivity index (χ3v) is 2.94. The minimum absolute atomic E-state index is 0.0173. The summed E-state index contributed by atoms with van der Waals surface area (Å²) >= 11 is 5.73. The molecule has 1 heterocycles. The Hall–Kier alpha value is -1.36. The van der Waals surface area contributed by atoms with Crippen LogP contribution in [0.3, 0.4) is 0 Å². The Bertz CT molecular complexity index is 405. The predicted molar refractivity (Wildman–Crippen MR) is 61.8 cm³/mol. The fraction of sp³-hybridized carbons (Fsp3) is 0.500. The lowest BCUT2D eigenvalue weighted by Crippen LogP contribution is -2.16. The van der Waals surface area contributed by atoms with Crippen LogP contribution in [0.2, 0.25) is 5.15 Å². The van der Waals surface area contributed by atoms with E-state index in [1.54, 1.807) is 0 Å². The second-order valence-corrected chi connectivity index (χ2v) is 4.27. The minimum atomic E-state index is -0.444. The second-order valence-electron chi connectivity index (χ2n) is 3.88. The lowest BCUT2D eigenvalue weighted by Gasteiger charge is -2.12. The first kappa shape index (κ1) is 11.1. The number of halogens is 1. The summed E-state index contributed by atoms with van der Waals surface area (Å²) in [6.45, 7) is 0. The van der Waals surface area contributed by atoms with E-state index in [-0.39, 0.29) is 22.7 Å². The predicted octanol–water partition coefficient (Wildman–Crippen LogP) is 3.00. The normalized spacial score (nSPS) is 16.3. The van der Waals surface area contributed by atoms with Gasteiger partial charge in [0.25, 0.3) is 0 Å². The van der Waals surface area contributed by atoms with Crippen molar-refractivity contribution in [2.75, 3.05) is 5.32 Å². The smallest absolute Gasteiger partial charge is 0.311 e. The Morgan fingerprint density at radius 3 is 2.75 bits per heavy atom. The Kier molecular flexibility index (Phi) is 3.24. The molecule has 0 amide bonds. The number of pyridine rings is 1. The molecule has 0 radical (unpaired) electrons. The van der Waals surface area contributed by atoms with Crippen LogP contribution in [0, 0.1) is 10.1 Å². The van der Waals surface area contributed by atoms with Crippen LogP contribution in [0.5, 0.6) is 0 Å². The van der Waals surface area contributed by atoms with Gasteiger partial charge in [0, 0.05) is 12.1 Å². The molecule has 0 atom stereocenters. The van der Waals surface area contributed by atoms with Gasteiger partial charge in [-0.15, -0.1) is 0 Å². The number of rotatable bonds is 3. The van der Waals surface area contributed by atoms with Crippen LogP contribution in [0.25, 0.3) is 0 Å². The van der Waals surface area contributed by atoms with Gasteiger partial charge in [-0.3, -0.25) is 10.1 Å². The van der Waals surface area contributed by atoms with Crippen LogP contribution in [0.15, 0.2) is 12.1 Å². The monoisotopic (exact) mass is 241 g/mol. The van der Waals surface area contributed by atoms with Crippen molar-refractivity contribution in [2.45, 2.75) is 31.7 Å². The maximum Gasteiger partial charge on any atom is 0.311 e. The Labute approximate surface area is 98.0 Å². The molecule has 0 unspecified atom stereocenters. The summed E-state index contributed by atoms with van der Waals surface area (Å²) in [7, 11) is 0. The average Bonchev–Trinajstić information content (AvgIpc) is 2.70. The number of nitrogens with one attached hydrogen (secondary N) is 1. The summed E-state index contributed by atoms with van der Waals surface area (Å²) in [5.74, 6) is 0.282. The zero-order valence-corrected chi connectivity index (χ0v) is 9.41. The lowest BCUT2D eigenvalue weighted by molar-refractivity contribution is -0.384. The van der Waals surface area contributed by atoms with Crippen molar-refractivity contribution < 1.29 is 4.92 Å². The van der Waals surface area contributed by atoms with Gasteiger partial charge in [0.2, 0.25) is 5.82 Å². The van der Waals surface area contributed by atoms with Gasteiger partial charge in [0.1, 0.15) is 5.15 Å². The average molecular weight is 242 g/mol. The molecule has 1 aliphatic rings. The number of nitro groups is 1. The number of anilines is 1. The molecule has 5 nitrogen and oxygen atoms in total. The molecule has 6 heteroatoms. The van der Waals surface area contributed by atoms with Crippen molar-refractivity contribution in [1.29, 1.82) is 0 Å². The van der Waals surface area contributed by atoms with Gasteiger partial charge in [-0.25, -0.2) is 4.98 Å². The van der Waals surface area contributed by atoms with Crippen molar-refractivity contribution in [3.8, 4) is 0 Å². The first-order valence-corrected chi connectivity index (χ1v) is 5.62. The van der Waals surface area contributed by atoms with E-state index in [0.717, 1.165) is 25.7 Å². The highest BCUT2D eigenvalue weighted by Crippen LogP contribution is 2.28. The molecular weight excluding hydrogens is 230 g/mol. The van der Waals surface area contributed by atoms with E-state index < -0.39 is 4.92 Å². The van der Waals surface area contributed by atoms with E-state index in [1.807, 2.05) is 0 Å². The van der Waals surface area contributed by atoms with Crippen LogP contribution < -0.4 is 5.32 Å². The Morgan fingerprint density at radius 1 is 1.44 bits per heavy atom. The quantitative estimate of drug-likeness (QED) is 0.502. The standard InChI is InChI=1S/C10H12ClN3O2/c11-9-6-5-8(14(15)16)10(13-9)12-7-3-1-2-4-7/h5-7H,1-4H2,(H,12,13). The number of hydrogen-bond acceptors (Lipinski definition) is 4. The molecule has 0 saturated heterocycles. The third-order valence-electron chi connectivity index (χ3n) is 2.73. The highest BCUT2D eigenvalue weighted by Gasteiger charge is 2.21. The van der Waals surface area contributed by atoms with Gasteiger partial charge >= 0.3 is 5.69 Å². The summed E-state index contributed by atoms with van der Waals surface area (Å²) < 4.78 is 0. The third kappa shape index (κ3) is 2.41. The van der Waals surface area contributed by atoms with Crippen LogP contribution in [0.4, 0.5) is 11.5 Å². The number of hydrogen-bond donors (Lipinski definition) is 1. The van der Waals surface area contributed by atoms with E-state index in [9.17, 15) is 10.1 Å². The molecule has 1 N–H and O–H groups in total. The fourth-order valence-electron chi connectivity index (χ4n) is 1.95. The molecule has 1 saturated carbocycles. The van der Waals surface area contributed by atoms with Gasteiger partial charge in [0.15, 0.2) is 0 Å². The molecule has 1 aliphatic carbocycles. The fourth-order valence-corrected chi connectivity index (χ4v) is 2.09. The molecule has 0 aliphatic heterocycles. The van der Waals surface area contributed by atoms with E-state index in [0.29, 0.717) is 0 Å². The summed E-state index contributed by atoms with van der Waals surface area (Å²) in [5, 5.41) is 14.2. The maximum atomic E-state index is 10.8. The van der Waals surface area contributed by atoms with Crippen LogP contribution in [-0.2, 0) is 0 Å². The molecule has 0 aromatic carbocycles. The maximum absolute atomic E-state index is 10.8. The summed E-state index contributed by atoms with van der Waals surface area (Å²) in [6.07, 6.45) is 4.38. The summed E-state index contributed by atoms with van der Waals surface area (Å²) in [5.41, 5.74) is -0.0173. The molecule has 1 fully saturated rings. The molecular formula is C10H12ClN3O2. The summed E-state index contributed by atoms with van der Waals surface area (Å²) in [6, 6.07) is 3.09. The molecule has 1 aromatic rings. The first-order valence-electron chi connectivity index (χ1n) is 5.24. The highest BCUT2D eigenvalue weighted by atomic mass is 35.5. The zero-order valence-electron chi connectivity index (χ0n) is 8.65. The Morgan fingerprint density at radius 2 is 2.12 bits per heavy atom. The first-order chi connectivity index (χ1) is 7.66. The zero-order chi connectivity index (χ0) is 11.5. The van der Waals surface area contributed by atoms with Gasteiger partial charge < -0.3 is 5.32 Å². The van der Waals surface area contributed by atoms with E-state index in [4.69, 9.17) is 11.6 Å². The highest BCUT2D eigenvalue weighted by molar-refractivity contribution is 6.29. The van der Waals surface area contributed by atoms with Crippen molar-refractivity contribution in [1.82, 2.24) is 4.98 Å². The van der Waals surface area contributed by atoms with Crippen LogP contribution in [-0.4, -0.2) is 15.9 Å². The SMILES string of the molecule is O=[N+]([O-])c1ccc(Cl)nc1NC1CCCC1. The van der Waals surface area contributed by atoms with Gasteiger partial charge in [-0.2, -0.15) is 0 Å². The van der Waals surface area contributed by atoms with E-state index in [2.05, 4.69) is 10.3 Å². The van der Waals surface area contributed by atoms with Crippen molar-refractivity contribution >= 4 is 23.1 Å². The van der Waals surface area contributed by atoms with Crippen molar-refractivity contribution in [2.24, 2.45) is 0 Å². The van der Waals surface area contributed by atoms with Crippen LogP contribution in [0.1, 0.15) is 25.7 Å². The molecule has 0 spiro atoms. The van der Waals surface area contributed by atoms with Gasteiger partial charge in [0.05, 0.1) is 4.92 Å². The Balaban J connectivity index is 2.22. The van der Waals surface area contributed by atoms with Gasteiger partial charge in [-0.1, -0.05) is 24.4 Å². The number of nitrogens with zero attached hydrogens (tertiary/aromatic N) is 2. The van der Waals surface area contributed by atoms with Crippen molar-refractivity contribution in [3.05, 3.63) is 27.4 Å². The molecule has 2 rings (SSSR count). The number of aromatic nitrogens is 1. The largest absolute Gasteiger partial charge is 0.362 e. The second kappa shape index (κ2) is 4.65. The lowest BCUT2D eigenvalue weighted by atomic mass is 10.2. The molecule has 0 bridgehead atoms. The topological polar surface area (TPSA) is 68.1 Å². The van der Waals surface area contributed by atoms with Gasteiger partial charge in [-0.05, 0) is 18.9 Å². The van der Waals surface area contributed by atoms with Crippen molar-refractivity contribution in [3.63, 3.8) is 0 Å². The molecule has 16 heavy (non-hydrogen) atoms. The minimum Gasteiger partial charge on any atom is -0.362 e. The summed E-state index contributed by atoms with van der Waals surface area (Å²) in [4.78, 5) is 14.3. The molecule has 1 aromatic heterocycles. The van der Waals surface area contributed by atoms with E-state index in [1.165, 1.54) is 12.1 Å². The van der Waals surface area contributed by atoms with E-state index >= 15 is 0 Å². The van der Waals surface area contributed by atoms with Crippen LogP contribution >= 0.6 is 11.6 Å².